The van der Waals surface area contributed by atoms with Crippen molar-refractivity contribution in [2.45, 2.75) is 25.5 Å². The second-order valence-electron chi connectivity index (χ2n) is 5.00. The summed E-state index contributed by atoms with van der Waals surface area (Å²) in [5.41, 5.74) is 2.65. The second-order valence-corrected chi connectivity index (χ2v) is 5.00. The summed E-state index contributed by atoms with van der Waals surface area (Å²) in [4.78, 5) is 0. The van der Waals surface area contributed by atoms with Crippen LogP contribution in [0.4, 0.5) is 0 Å². The summed E-state index contributed by atoms with van der Waals surface area (Å²) in [5.74, 6) is 1.06. The van der Waals surface area contributed by atoms with E-state index in [2.05, 4.69) is 47.8 Å². The van der Waals surface area contributed by atoms with E-state index in [1.165, 1.54) is 11.1 Å². The van der Waals surface area contributed by atoms with Crippen LogP contribution < -0.4 is 10.1 Å². The lowest BCUT2D eigenvalue weighted by molar-refractivity contribution is 0.170. The second kappa shape index (κ2) is 7.46. The van der Waals surface area contributed by atoms with Crippen LogP contribution in [-0.4, -0.2) is 12.6 Å². The maximum atomic E-state index is 6.01. The summed E-state index contributed by atoms with van der Waals surface area (Å²) in [6, 6.07) is 18.8. The van der Waals surface area contributed by atoms with Crippen LogP contribution in [0.15, 0.2) is 54.6 Å². The highest BCUT2D eigenvalue weighted by Gasteiger charge is 2.18. The molecular weight excluding hydrogens is 314 g/mol. The molecule has 1 N–H and O–H groups in total. The molecule has 2 aromatic rings. The Morgan fingerprint density at radius 3 is 2.60 bits per heavy atom. The van der Waals surface area contributed by atoms with Crippen molar-refractivity contribution < 1.29 is 4.74 Å². The van der Waals surface area contributed by atoms with Gasteiger partial charge in [-0.1, -0.05) is 48.5 Å². The van der Waals surface area contributed by atoms with Crippen molar-refractivity contribution in [3.8, 4) is 5.75 Å². The van der Waals surface area contributed by atoms with E-state index in [1.807, 2.05) is 12.1 Å². The predicted molar refractivity (Wildman–Crippen MR) is 87.6 cm³/mol. The zero-order valence-corrected chi connectivity index (χ0v) is 13.1. The molecule has 0 unspecified atom stereocenters. The van der Waals surface area contributed by atoms with Gasteiger partial charge in [0, 0.05) is 13.1 Å². The summed E-state index contributed by atoms with van der Waals surface area (Å²) in [7, 11) is 0. The fraction of sp³-hybridized carbons (Fsp3) is 0.294. The molecule has 1 heterocycles. The Bertz CT molecular complexity index is 530. The molecule has 1 atom stereocenters. The first kappa shape index (κ1) is 15.1. The van der Waals surface area contributed by atoms with E-state index in [0.717, 1.165) is 31.7 Å². The van der Waals surface area contributed by atoms with E-state index in [4.69, 9.17) is 4.74 Å². The Morgan fingerprint density at radius 1 is 1.00 bits per heavy atom. The van der Waals surface area contributed by atoms with Gasteiger partial charge < -0.3 is 10.1 Å². The van der Waals surface area contributed by atoms with Gasteiger partial charge in [-0.3, -0.25) is 0 Å². The van der Waals surface area contributed by atoms with Crippen LogP contribution in [0, 0.1) is 0 Å². The average molecular weight is 334 g/mol. The Morgan fingerprint density at radius 2 is 1.75 bits per heavy atom. The Balaban J connectivity index is 0.00000147. The van der Waals surface area contributed by atoms with Crippen LogP contribution in [-0.2, 0) is 13.0 Å². The van der Waals surface area contributed by atoms with Gasteiger partial charge in [0.25, 0.3) is 0 Å². The van der Waals surface area contributed by atoms with Crippen molar-refractivity contribution in [2.24, 2.45) is 0 Å². The highest BCUT2D eigenvalue weighted by molar-refractivity contribution is 8.93. The summed E-state index contributed by atoms with van der Waals surface area (Å²) < 4.78 is 6.01. The van der Waals surface area contributed by atoms with Crippen molar-refractivity contribution in [1.82, 2.24) is 5.32 Å². The van der Waals surface area contributed by atoms with Gasteiger partial charge in [-0.2, -0.15) is 0 Å². The number of para-hydroxylation sites is 1. The zero-order chi connectivity index (χ0) is 12.9. The first-order chi connectivity index (χ1) is 9.42. The van der Waals surface area contributed by atoms with Gasteiger partial charge in [0.05, 0.1) is 0 Å². The molecule has 0 bridgehead atoms. The van der Waals surface area contributed by atoms with Gasteiger partial charge in [0.1, 0.15) is 11.9 Å². The average Bonchev–Trinajstić information content (AvgIpc) is 2.48. The van der Waals surface area contributed by atoms with E-state index < -0.39 is 0 Å². The van der Waals surface area contributed by atoms with Gasteiger partial charge in [-0.25, -0.2) is 0 Å². The fourth-order valence-electron chi connectivity index (χ4n) is 2.50. The Labute approximate surface area is 130 Å². The molecule has 0 radical (unpaired) electrons. The zero-order valence-electron chi connectivity index (χ0n) is 11.4. The van der Waals surface area contributed by atoms with Gasteiger partial charge in [0.15, 0.2) is 0 Å². The van der Waals surface area contributed by atoms with E-state index in [0.29, 0.717) is 6.10 Å². The molecule has 0 amide bonds. The maximum absolute atomic E-state index is 6.01. The van der Waals surface area contributed by atoms with Crippen LogP contribution in [0.2, 0.25) is 0 Å². The quantitative estimate of drug-likeness (QED) is 0.920. The molecule has 0 saturated heterocycles. The maximum Gasteiger partial charge on any atom is 0.122 e. The molecular formula is C17H20BrNO. The van der Waals surface area contributed by atoms with E-state index in [9.17, 15) is 0 Å². The monoisotopic (exact) mass is 333 g/mol. The molecule has 20 heavy (non-hydrogen) atoms. The minimum absolute atomic E-state index is 0. The molecule has 0 aliphatic carbocycles. The first-order valence-corrected chi connectivity index (χ1v) is 6.91. The highest BCUT2D eigenvalue weighted by atomic mass is 79.9. The number of halogens is 1. The number of ether oxygens (including phenoxy) is 1. The number of fused-ring (bicyclic) bond motifs is 1. The third kappa shape index (κ3) is 3.84. The third-order valence-corrected chi connectivity index (χ3v) is 3.55. The lowest BCUT2D eigenvalue weighted by Crippen LogP contribution is -2.33. The molecule has 2 aromatic carbocycles. The molecule has 0 spiro atoms. The van der Waals surface area contributed by atoms with Crippen molar-refractivity contribution in [3.05, 3.63) is 65.7 Å². The molecule has 1 aliphatic heterocycles. The number of aryl methyl sites for hydroxylation is 1. The lowest BCUT2D eigenvalue weighted by Gasteiger charge is -2.26. The summed E-state index contributed by atoms with van der Waals surface area (Å²) in [6.45, 7) is 1.81. The normalized spacial score (nSPS) is 16.7. The Kier molecular flexibility index (Phi) is 5.62. The first-order valence-electron chi connectivity index (χ1n) is 6.91. The standard InChI is InChI=1S/C17H19NO.BrH/c1-2-6-14(7-3-1)12-18-13-16-11-10-15-8-4-5-9-17(15)19-16;/h1-9,16,18H,10-13H2;1H/t16-;/m1./s1. The number of rotatable bonds is 4. The summed E-state index contributed by atoms with van der Waals surface area (Å²) in [6.07, 6.45) is 2.51. The van der Waals surface area contributed by atoms with Crippen LogP contribution in [0.5, 0.6) is 5.75 Å². The number of nitrogens with one attached hydrogen (secondary N) is 1. The summed E-state index contributed by atoms with van der Waals surface area (Å²) in [5, 5.41) is 3.48. The Hall–Kier alpha value is -1.32. The minimum Gasteiger partial charge on any atom is -0.489 e. The molecule has 2 nitrogen and oxygen atoms in total. The van der Waals surface area contributed by atoms with Gasteiger partial charge in [0.2, 0.25) is 0 Å². The molecule has 0 saturated carbocycles. The van der Waals surface area contributed by atoms with Crippen molar-refractivity contribution in [2.75, 3.05) is 6.54 Å². The SMILES string of the molecule is Br.c1ccc(CNC[C@H]2CCc3ccccc3O2)cc1. The molecule has 106 valence electrons. The molecule has 0 fully saturated rings. The van der Waals surface area contributed by atoms with Gasteiger partial charge >= 0.3 is 0 Å². The third-order valence-electron chi connectivity index (χ3n) is 3.55. The van der Waals surface area contributed by atoms with Gasteiger partial charge in [-0.15, -0.1) is 17.0 Å². The van der Waals surface area contributed by atoms with Crippen LogP contribution in [0.1, 0.15) is 17.5 Å². The highest BCUT2D eigenvalue weighted by Crippen LogP contribution is 2.26. The van der Waals surface area contributed by atoms with E-state index >= 15 is 0 Å². The number of benzene rings is 2. The summed E-state index contributed by atoms with van der Waals surface area (Å²) >= 11 is 0. The minimum atomic E-state index is 0. The topological polar surface area (TPSA) is 21.3 Å². The lowest BCUT2D eigenvalue weighted by atomic mass is 10.0. The smallest absolute Gasteiger partial charge is 0.122 e. The molecule has 3 heteroatoms. The fourth-order valence-corrected chi connectivity index (χ4v) is 2.50. The molecule has 1 aliphatic rings. The van der Waals surface area contributed by atoms with Crippen molar-refractivity contribution in [1.29, 1.82) is 0 Å². The van der Waals surface area contributed by atoms with Crippen LogP contribution in [0.3, 0.4) is 0 Å². The number of hydrogen-bond acceptors (Lipinski definition) is 2. The van der Waals surface area contributed by atoms with E-state index in [1.54, 1.807) is 0 Å². The van der Waals surface area contributed by atoms with Crippen molar-refractivity contribution in [3.63, 3.8) is 0 Å². The van der Waals surface area contributed by atoms with E-state index in [-0.39, 0.29) is 17.0 Å². The van der Waals surface area contributed by atoms with Gasteiger partial charge in [-0.05, 0) is 30.0 Å². The van der Waals surface area contributed by atoms with Crippen molar-refractivity contribution >= 4 is 17.0 Å². The number of hydrogen-bond donors (Lipinski definition) is 1. The predicted octanol–water partition coefficient (Wildman–Crippen LogP) is 3.75. The van der Waals surface area contributed by atoms with Crippen LogP contribution in [0.25, 0.3) is 0 Å². The van der Waals surface area contributed by atoms with Crippen LogP contribution >= 0.6 is 17.0 Å². The largest absolute Gasteiger partial charge is 0.489 e. The molecule has 0 aromatic heterocycles. The molecule has 3 rings (SSSR count).